The molecular weight excluding hydrogens is 329 g/mol. The molecule has 0 saturated carbocycles. The van der Waals surface area contributed by atoms with Crippen LogP contribution in [0.15, 0.2) is 72.9 Å². The molecule has 0 aliphatic heterocycles. The van der Waals surface area contributed by atoms with Crippen LogP contribution >= 0.6 is 0 Å². The third kappa shape index (κ3) is 2.95. The van der Waals surface area contributed by atoms with Gasteiger partial charge in [-0.2, -0.15) is 0 Å². The molecule has 0 radical (unpaired) electrons. The summed E-state index contributed by atoms with van der Waals surface area (Å²) in [7, 11) is 0. The summed E-state index contributed by atoms with van der Waals surface area (Å²) >= 11 is 0. The van der Waals surface area contributed by atoms with Crippen molar-refractivity contribution in [2.24, 2.45) is 0 Å². The van der Waals surface area contributed by atoms with Crippen molar-refractivity contribution in [2.45, 2.75) is 6.92 Å². The highest BCUT2D eigenvalue weighted by Crippen LogP contribution is 2.29. The molecule has 0 spiro atoms. The molecule has 0 aliphatic carbocycles. The molecule has 0 fully saturated rings. The maximum atomic E-state index is 13.1. The van der Waals surface area contributed by atoms with Crippen molar-refractivity contribution in [2.75, 3.05) is 5.32 Å². The smallest absolute Gasteiger partial charge is 0.256 e. The van der Waals surface area contributed by atoms with Gasteiger partial charge < -0.3 is 5.32 Å². The number of hydrogen-bond acceptors (Lipinski definition) is 2. The molecule has 0 bridgehead atoms. The minimum absolute atomic E-state index is 0.315. The number of benzene rings is 2. The molecule has 4 nitrogen and oxygen atoms in total. The molecule has 26 heavy (non-hydrogen) atoms. The number of anilines is 1. The molecule has 128 valence electrons. The van der Waals surface area contributed by atoms with Crippen molar-refractivity contribution < 1.29 is 9.18 Å². The molecule has 0 atom stereocenters. The summed E-state index contributed by atoms with van der Waals surface area (Å²) < 4.78 is 15.0. The van der Waals surface area contributed by atoms with Gasteiger partial charge in [-0.25, -0.2) is 9.37 Å². The number of rotatable bonds is 3. The molecule has 0 unspecified atom stereocenters. The van der Waals surface area contributed by atoms with Crippen LogP contribution in [0.2, 0.25) is 0 Å². The Bertz CT molecular complexity index is 1090. The number of nitrogens with zero attached hydrogens (tertiary/aromatic N) is 2. The first-order valence-electron chi connectivity index (χ1n) is 8.23. The third-order valence-electron chi connectivity index (χ3n) is 4.17. The van der Waals surface area contributed by atoms with Gasteiger partial charge >= 0.3 is 0 Å². The Morgan fingerprint density at radius 3 is 2.50 bits per heavy atom. The van der Waals surface area contributed by atoms with E-state index in [9.17, 15) is 9.18 Å². The van der Waals surface area contributed by atoms with Crippen LogP contribution in [-0.2, 0) is 0 Å². The zero-order valence-electron chi connectivity index (χ0n) is 14.1. The number of imidazole rings is 1. The van der Waals surface area contributed by atoms with Crippen LogP contribution in [0.25, 0.3) is 16.9 Å². The van der Waals surface area contributed by atoms with Crippen LogP contribution in [0.1, 0.15) is 15.9 Å². The van der Waals surface area contributed by atoms with E-state index in [4.69, 9.17) is 4.98 Å². The molecule has 0 saturated heterocycles. The van der Waals surface area contributed by atoms with Crippen LogP contribution in [0.3, 0.4) is 0 Å². The summed E-state index contributed by atoms with van der Waals surface area (Å²) in [4.78, 5) is 17.3. The summed E-state index contributed by atoms with van der Waals surface area (Å²) in [5.41, 5.74) is 3.80. The largest absolute Gasteiger partial charge is 0.306 e. The average molecular weight is 345 g/mol. The molecule has 2 aromatic heterocycles. The van der Waals surface area contributed by atoms with E-state index in [-0.39, 0.29) is 11.7 Å². The van der Waals surface area contributed by atoms with Crippen LogP contribution in [-0.4, -0.2) is 15.3 Å². The Labute approximate surface area is 149 Å². The number of carbonyl (C=O) groups excluding carboxylic acids is 1. The van der Waals surface area contributed by atoms with Crippen LogP contribution in [0.5, 0.6) is 0 Å². The Morgan fingerprint density at radius 2 is 1.77 bits per heavy atom. The van der Waals surface area contributed by atoms with Crippen molar-refractivity contribution in [3.05, 3.63) is 89.9 Å². The van der Waals surface area contributed by atoms with Crippen LogP contribution < -0.4 is 5.32 Å². The number of amides is 1. The summed E-state index contributed by atoms with van der Waals surface area (Å²) in [6, 6.07) is 19.0. The van der Waals surface area contributed by atoms with E-state index in [0.717, 1.165) is 16.8 Å². The minimum atomic E-state index is -0.378. The van der Waals surface area contributed by atoms with E-state index in [1.807, 2.05) is 60.0 Å². The standard InChI is InChI=1S/C21H16FN3O/c1-14-11-12-25-18(13-14)23-19(15-5-3-2-4-6-15)20(25)24-21(26)16-7-9-17(22)10-8-16/h2-13H,1H3,(H,24,26). The second kappa shape index (κ2) is 6.44. The number of hydrogen-bond donors (Lipinski definition) is 1. The van der Waals surface area contributed by atoms with Gasteiger partial charge in [0.2, 0.25) is 0 Å². The van der Waals surface area contributed by atoms with Crippen LogP contribution in [0, 0.1) is 12.7 Å². The van der Waals surface area contributed by atoms with E-state index < -0.39 is 0 Å². The lowest BCUT2D eigenvalue weighted by Gasteiger charge is -2.08. The second-order valence-electron chi connectivity index (χ2n) is 6.07. The fraction of sp³-hybridized carbons (Fsp3) is 0.0476. The molecular formula is C21H16FN3O. The predicted molar refractivity (Wildman–Crippen MR) is 99.7 cm³/mol. The van der Waals surface area contributed by atoms with Gasteiger partial charge in [-0.05, 0) is 48.9 Å². The first kappa shape index (κ1) is 16.0. The molecule has 1 N–H and O–H groups in total. The molecule has 2 aromatic carbocycles. The Kier molecular flexibility index (Phi) is 3.97. The van der Waals surface area contributed by atoms with Gasteiger partial charge in [0, 0.05) is 17.3 Å². The normalized spacial score (nSPS) is 10.8. The average Bonchev–Trinajstić information content (AvgIpc) is 3.00. The number of fused-ring (bicyclic) bond motifs is 1. The Hall–Kier alpha value is -3.47. The second-order valence-corrected chi connectivity index (χ2v) is 6.07. The number of nitrogens with one attached hydrogen (secondary N) is 1. The summed E-state index contributed by atoms with van der Waals surface area (Å²) in [5.74, 6) is -0.109. The monoisotopic (exact) mass is 345 g/mol. The van der Waals surface area contributed by atoms with Crippen molar-refractivity contribution >= 4 is 17.4 Å². The molecule has 4 aromatic rings. The lowest BCUT2D eigenvalue weighted by molar-refractivity contribution is 0.102. The highest BCUT2D eigenvalue weighted by Gasteiger charge is 2.17. The van der Waals surface area contributed by atoms with E-state index >= 15 is 0 Å². The van der Waals surface area contributed by atoms with Crippen molar-refractivity contribution in [3.8, 4) is 11.3 Å². The van der Waals surface area contributed by atoms with Crippen molar-refractivity contribution in [3.63, 3.8) is 0 Å². The van der Waals surface area contributed by atoms with Gasteiger partial charge in [0.05, 0.1) is 0 Å². The Balaban J connectivity index is 1.82. The van der Waals surface area contributed by atoms with Gasteiger partial charge in [0.1, 0.15) is 23.0 Å². The highest BCUT2D eigenvalue weighted by atomic mass is 19.1. The molecule has 2 heterocycles. The first-order chi connectivity index (χ1) is 12.6. The topological polar surface area (TPSA) is 46.4 Å². The maximum absolute atomic E-state index is 13.1. The SMILES string of the molecule is Cc1ccn2c(NC(=O)c3ccc(F)cc3)c(-c3ccccc3)nc2c1. The van der Waals surface area contributed by atoms with Gasteiger partial charge in [-0.3, -0.25) is 9.20 Å². The fourth-order valence-electron chi connectivity index (χ4n) is 2.84. The van der Waals surface area contributed by atoms with E-state index in [0.29, 0.717) is 17.1 Å². The van der Waals surface area contributed by atoms with Gasteiger partial charge in [0.25, 0.3) is 5.91 Å². The van der Waals surface area contributed by atoms with Gasteiger partial charge in [0.15, 0.2) is 0 Å². The lowest BCUT2D eigenvalue weighted by Crippen LogP contribution is -2.14. The van der Waals surface area contributed by atoms with E-state index in [1.165, 1.54) is 24.3 Å². The molecule has 1 amide bonds. The number of aryl methyl sites for hydroxylation is 1. The van der Waals surface area contributed by atoms with E-state index in [1.54, 1.807) is 0 Å². The quantitative estimate of drug-likeness (QED) is 0.585. The Morgan fingerprint density at radius 1 is 1.04 bits per heavy atom. The van der Waals surface area contributed by atoms with Crippen molar-refractivity contribution in [1.29, 1.82) is 0 Å². The maximum Gasteiger partial charge on any atom is 0.256 e. The fourth-order valence-corrected chi connectivity index (χ4v) is 2.84. The summed E-state index contributed by atoms with van der Waals surface area (Å²) in [6.07, 6.45) is 1.88. The lowest BCUT2D eigenvalue weighted by atomic mass is 10.1. The number of carbonyl (C=O) groups is 1. The first-order valence-corrected chi connectivity index (χ1v) is 8.23. The third-order valence-corrected chi connectivity index (χ3v) is 4.17. The zero-order chi connectivity index (χ0) is 18.1. The molecule has 0 aliphatic rings. The van der Waals surface area contributed by atoms with Gasteiger partial charge in [-0.1, -0.05) is 30.3 Å². The van der Waals surface area contributed by atoms with E-state index in [2.05, 4.69) is 5.32 Å². The molecule has 5 heteroatoms. The number of halogens is 1. The number of aromatic nitrogens is 2. The zero-order valence-corrected chi connectivity index (χ0v) is 14.1. The predicted octanol–water partition coefficient (Wildman–Crippen LogP) is 4.70. The summed E-state index contributed by atoms with van der Waals surface area (Å²) in [6.45, 7) is 1.99. The number of pyridine rings is 1. The van der Waals surface area contributed by atoms with Crippen molar-refractivity contribution in [1.82, 2.24) is 9.38 Å². The van der Waals surface area contributed by atoms with Gasteiger partial charge in [-0.15, -0.1) is 0 Å². The minimum Gasteiger partial charge on any atom is -0.306 e. The summed E-state index contributed by atoms with van der Waals surface area (Å²) in [5, 5.41) is 2.93. The highest BCUT2D eigenvalue weighted by molar-refractivity contribution is 6.05. The molecule has 4 rings (SSSR count). The van der Waals surface area contributed by atoms with Crippen LogP contribution in [0.4, 0.5) is 10.2 Å².